The Morgan fingerprint density at radius 2 is 1.86 bits per heavy atom. The molecule has 2 nitrogen and oxygen atoms in total. The van der Waals surface area contributed by atoms with Crippen LogP contribution in [0.5, 0.6) is 0 Å². The third kappa shape index (κ3) is 3.37. The second-order valence-corrected chi connectivity index (χ2v) is 7.07. The van der Waals surface area contributed by atoms with E-state index in [0.717, 1.165) is 12.8 Å². The van der Waals surface area contributed by atoms with Crippen molar-refractivity contribution in [3.8, 4) is 0 Å². The number of benzene rings is 1. The summed E-state index contributed by atoms with van der Waals surface area (Å²) in [7, 11) is 0. The third-order valence-corrected chi connectivity index (χ3v) is 5.78. The van der Waals surface area contributed by atoms with Crippen LogP contribution < -0.4 is 11.3 Å². The number of aryl methyl sites for hydroxylation is 3. The van der Waals surface area contributed by atoms with E-state index in [0.29, 0.717) is 0 Å². The van der Waals surface area contributed by atoms with Crippen molar-refractivity contribution >= 4 is 11.3 Å². The number of hydrogen-bond acceptors (Lipinski definition) is 3. The van der Waals surface area contributed by atoms with Crippen LogP contribution in [0, 0.1) is 0 Å². The van der Waals surface area contributed by atoms with E-state index in [1.54, 1.807) is 10.4 Å². The van der Waals surface area contributed by atoms with Crippen molar-refractivity contribution in [2.24, 2.45) is 5.84 Å². The first-order chi connectivity index (χ1) is 10.3. The molecule has 2 aromatic rings. The van der Waals surface area contributed by atoms with E-state index in [1.165, 1.54) is 41.7 Å². The van der Waals surface area contributed by atoms with Gasteiger partial charge in [0.05, 0.1) is 6.04 Å². The average molecular weight is 300 g/mol. The SMILES string of the molecule is CCc1ccc(CC(NN)c2cc3c(s2)CCCC3)cc1. The quantitative estimate of drug-likeness (QED) is 0.648. The van der Waals surface area contributed by atoms with Crippen molar-refractivity contribution in [3.63, 3.8) is 0 Å². The Morgan fingerprint density at radius 1 is 1.14 bits per heavy atom. The summed E-state index contributed by atoms with van der Waals surface area (Å²) in [6.45, 7) is 2.19. The molecule has 0 radical (unpaired) electrons. The summed E-state index contributed by atoms with van der Waals surface area (Å²) >= 11 is 1.95. The van der Waals surface area contributed by atoms with Gasteiger partial charge in [-0.2, -0.15) is 0 Å². The molecule has 0 amide bonds. The topological polar surface area (TPSA) is 38.0 Å². The van der Waals surface area contributed by atoms with Crippen LogP contribution in [-0.4, -0.2) is 0 Å². The summed E-state index contributed by atoms with van der Waals surface area (Å²) in [5.41, 5.74) is 7.31. The van der Waals surface area contributed by atoms with E-state index >= 15 is 0 Å². The molecular weight excluding hydrogens is 276 g/mol. The van der Waals surface area contributed by atoms with Gasteiger partial charge in [-0.15, -0.1) is 11.3 Å². The lowest BCUT2D eigenvalue weighted by Crippen LogP contribution is -2.28. The van der Waals surface area contributed by atoms with Gasteiger partial charge in [-0.25, -0.2) is 0 Å². The molecular formula is C18H24N2S. The molecule has 1 atom stereocenters. The molecule has 1 aliphatic carbocycles. The molecule has 0 saturated heterocycles. The highest BCUT2D eigenvalue weighted by Gasteiger charge is 2.18. The van der Waals surface area contributed by atoms with Crippen molar-refractivity contribution in [2.75, 3.05) is 0 Å². The summed E-state index contributed by atoms with van der Waals surface area (Å²) in [5, 5.41) is 0. The van der Waals surface area contributed by atoms with Gasteiger partial charge >= 0.3 is 0 Å². The Balaban J connectivity index is 1.76. The Bertz CT molecular complexity index is 562. The zero-order valence-electron chi connectivity index (χ0n) is 12.7. The molecule has 1 aromatic carbocycles. The Morgan fingerprint density at radius 3 is 2.52 bits per heavy atom. The van der Waals surface area contributed by atoms with Crippen LogP contribution in [0.3, 0.4) is 0 Å². The average Bonchev–Trinajstić information content (AvgIpc) is 2.97. The normalized spacial score (nSPS) is 15.7. The van der Waals surface area contributed by atoms with Gasteiger partial charge in [0.25, 0.3) is 0 Å². The van der Waals surface area contributed by atoms with Crippen molar-refractivity contribution in [1.29, 1.82) is 0 Å². The van der Waals surface area contributed by atoms with Gasteiger partial charge in [0.2, 0.25) is 0 Å². The highest BCUT2D eigenvalue weighted by atomic mass is 32.1. The number of hydrogen-bond donors (Lipinski definition) is 2. The molecule has 3 rings (SSSR count). The molecule has 0 aliphatic heterocycles. The fourth-order valence-electron chi connectivity index (χ4n) is 3.07. The Labute approximate surface area is 131 Å². The van der Waals surface area contributed by atoms with Crippen LogP contribution in [0.15, 0.2) is 30.3 Å². The van der Waals surface area contributed by atoms with Gasteiger partial charge in [0.1, 0.15) is 0 Å². The minimum absolute atomic E-state index is 0.230. The van der Waals surface area contributed by atoms with E-state index < -0.39 is 0 Å². The van der Waals surface area contributed by atoms with Gasteiger partial charge in [-0.05, 0) is 61.3 Å². The molecule has 21 heavy (non-hydrogen) atoms. The molecule has 3 N–H and O–H groups in total. The highest BCUT2D eigenvalue weighted by molar-refractivity contribution is 7.12. The Kier molecular flexibility index (Phi) is 4.73. The summed E-state index contributed by atoms with van der Waals surface area (Å²) in [4.78, 5) is 2.97. The molecule has 1 aromatic heterocycles. The second-order valence-electron chi connectivity index (χ2n) is 5.90. The molecule has 112 valence electrons. The monoisotopic (exact) mass is 300 g/mol. The van der Waals surface area contributed by atoms with Crippen molar-refractivity contribution in [3.05, 3.63) is 56.8 Å². The van der Waals surface area contributed by atoms with Crippen molar-refractivity contribution in [1.82, 2.24) is 5.43 Å². The maximum absolute atomic E-state index is 5.82. The number of thiophene rings is 1. The lowest BCUT2D eigenvalue weighted by Gasteiger charge is -2.14. The molecule has 1 heterocycles. The molecule has 0 saturated carbocycles. The van der Waals surface area contributed by atoms with Gasteiger partial charge < -0.3 is 0 Å². The van der Waals surface area contributed by atoms with Crippen LogP contribution in [0.25, 0.3) is 0 Å². The summed E-state index contributed by atoms with van der Waals surface area (Å²) in [5.74, 6) is 5.82. The number of nitrogens with two attached hydrogens (primary N) is 1. The largest absolute Gasteiger partial charge is 0.271 e. The number of fused-ring (bicyclic) bond motifs is 1. The van der Waals surface area contributed by atoms with E-state index in [4.69, 9.17) is 5.84 Å². The minimum Gasteiger partial charge on any atom is -0.271 e. The van der Waals surface area contributed by atoms with Crippen LogP contribution in [0.4, 0.5) is 0 Å². The first-order valence-corrected chi connectivity index (χ1v) is 8.77. The van der Waals surface area contributed by atoms with E-state index in [1.807, 2.05) is 11.3 Å². The Hall–Kier alpha value is -1.16. The fraction of sp³-hybridized carbons (Fsp3) is 0.444. The molecule has 0 bridgehead atoms. The molecule has 1 unspecified atom stereocenters. The van der Waals surface area contributed by atoms with Gasteiger partial charge in [-0.3, -0.25) is 11.3 Å². The van der Waals surface area contributed by atoms with Crippen LogP contribution >= 0.6 is 11.3 Å². The summed E-state index contributed by atoms with van der Waals surface area (Å²) in [6, 6.07) is 11.5. The number of rotatable bonds is 5. The lowest BCUT2D eigenvalue weighted by atomic mass is 9.97. The molecule has 1 aliphatic rings. The number of hydrazine groups is 1. The van der Waals surface area contributed by atoms with Gasteiger partial charge in [-0.1, -0.05) is 31.2 Å². The predicted octanol–water partition coefficient (Wildman–Crippen LogP) is 3.94. The van der Waals surface area contributed by atoms with Crippen LogP contribution in [-0.2, 0) is 25.7 Å². The third-order valence-electron chi connectivity index (χ3n) is 4.43. The fourth-order valence-corrected chi connectivity index (χ4v) is 4.39. The zero-order chi connectivity index (χ0) is 14.7. The predicted molar refractivity (Wildman–Crippen MR) is 90.5 cm³/mol. The van der Waals surface area contributed by atoms with E-state index in [9.17, 15) is 0 Å². The first-order valence-electron chi connectivity index (χ1n) is 7.95. The maximum atomic E-state index is 5.82. The molecule has 3 heteroatoms. The molecule has 0 spiro atoms. The van der Waals surface area contributed by atoms with Crippen molar-refractivity contribution in [2.45, 2.75) is 51.5 Å². The summed E-state index contributed by atoms with van der Waals surface area (Å²) < 4.78 is 0. The van der Waals surface area contributed by atoms with E-state index in [2.05, 4.69) is 42.7 Å². The number of nitrogens with one attached hydrogen (secondary N) is 1. The minimum atomic E-state index is 0.230. The van der Waals surface area contributed by atoms with Gasteiger partial charge in [0, 0.05) is 9.75 Å². The van der Waals surface area contributed by atoms with E-state index in [-0.39, 0.29) is 6.04 Å². The molecule has 0 fully saturated rings. The second kappa shape index (κ2) is 6.73. The highest BCUT2D eigenvalue weighted by Crippen LogP contribution is 2.33. The lowest BCUT2D eigenvalue weighted by molar-refractivity contribution is 0.560. The van der Waals surface area contributed by atoms with Gasteiger partial charge in [0.15, 0.2) is 0 Å². The maximum Gasteiger partial charge on any atom is 0.0593 e. The summed E-state index contributed by atoms with van der Waals surface area (Å²) in [6.07, 6.45) is 7.22. The van der Waals surface area contributed by atoms with Crippen molar-refractivity contribution < 1.29 is 0 Å². The smallest absolute Gasteiger partial charge is 0.0593 e. The van der Waals surface area contributed by atoms with Crippen LogP contribution in [0.1, 0.15) is 52.3 Å². The zero-order valence-corrected chi connectivity index (χ0v) is 13.5. The van der Waals surface area contributed by atoms with Crippen LogP contribution in [0.2, 0.25) is 0 Å². The standard InChI is InChI=1S/C18H24N2S/c1-2-13-7-9-14(10-8-13)11-16(20-19)18-12-15-5-3-4-6-17(15)21-18/h7-10,12,16,20H,2-6,11,19H2,1H3. The first kappa shape index (κ1) is 14.8.